The van der Waals surface area contributed by atoms with Gasteiger partial charge in [0.2, 0.25) is 5.95 Å². The zero-order chi connectivity index (χ0) is 19.6. The van der Waals surface area contributed by atoms with Crippen LogP contribution in [0.1, 0.15) is 18.9 Å². The van der Waals surface area contributed by atoms with E-state index in [0.29, 0.717) is 6.61 Å². The van der Waals surface area contributed by atoms with E-state index in [-0.39, 0.29) is 24.0 Å². The molecule has 1 aromatic heterocycles. The van der Waals surface area contributed by atoms with Crippen LogP contribution in [0.5, 0.6) is 5.75 Å². The molecule has 7 nitrogen and oxygen atoms in total. The fraction of sp³-hybridized carbons (Fsp3) is 0.476. The van der Waals surface area contributed by atoms with Crippen molar-refractivity contribution < 1.29 is 4.74 Å². The quantitative estimate of drug-likeness (QED) is 0.268. The fourth-order valence-corrected chi connectivity index (χ4v) is 3.15. The molecule has 3 rings (SSSR count). The second-order valence-corrected chi connectivity index (χ2v) is 6.73. The van der Waals surface area contributed by atoms with Crippen molar-refractivity contribution in [2.24, 2.45) is 4.99 Å². The van der Waals surface area contributed by atoms with Crippen LogP contribution in [0.2, 0.25) is 0 Å². The first-order chi connectivity index (χ1) is 13.8. The maximum Gasteiger partial charge on any atom is 0.225 e. The van der Waals surface area contributed by atoms with E-state index in [4.69, 9.17) is 9.73 Å². The molecule has 1 N–H and O–H groups in total. The third-order valence-corrected chi connectivity index (χ3v) is 4.66. The van der Waals surface area contributed by atoms with E-state index >= 15 is 0 Å². The molecule has 0 saturated carbocycles. The van der Waals surface area contributed by atoms with Gasteiger partial charge in [0.1, 0.15) is 5.75 Å². The molecule has 0 aliphatic carbocycles. The highest BCUT2D eigenvalue weighted by Gasteiger charge is 2.20. The first kappa shape index (κ1) is 23.2. The molecule has 8 heteroatoms. The molecule has 0 atom stereocenters. The number of halogens is 1. The van der Waals surface area contributed by atoms with E-state index < -0.39 is 0 Å². The van der Waals surface area contributed by atoms with Crippen molar-refractivity contribution in [2.45, 2.75) is 20.3 Å². The standard InChI is InChI=1S/C21H30N6O.HI/c1-3-22-20(25-12-7-17-28-19-9-5-4-8-18(19)2)26-13-15-27(16-14-26)21-23-10-6-11-24-21;/h4-6,8-11H,3,7,12-17H2,1-2H3,(H,22,25);1H. The molecule has 0 amide bonds. The number of hydrogen-bond donors (Lipinski definition) is 1. The number of hydrogen-bond acceptors (Lipinski definition) is 5. The van der Waals surface area contributed by atoms with Gasteiger partial charge in [0.15, 0.2) is 5.96 Å². The Morgan fingerprint density at radius 3 is 2.52 bits per heavy atom. The van der Waals surface area contributed by atoms with Crippen LogP contribution in [-0.2, 0) is 0 Å². The summed E-state index contributed by atoms with van der Waals surface area (Å²) in [6.45, 7) is 10.1. The summed E-state index contributed by atoms with van der Waals surface area (Å²) in [6, 6.07) is 9.96. The summed E-state index contributed by atoms with van der Waals surface area (Å²) in [5.41, 5.74) is 1.17. The normalized spacial score (nSPS) is 14.3. The molecule has 158 valence electrons. The van der Waals surface area contributed by atoms with Crippen LogP contribution in [0.3, 0.4) is 0 Å². The zero-order valence-electron chi connectivity index (χ0n) is 17.3. The van der Waals surface area contributed by atoms with Crippen molar-refractivity contribution in [2.75, 3.05) is 50.8 Å². The summed E-state index contributed by atoms with van der Waals surface area (Å²) in [6.07, 6.45) is 4.47. The Balaban J connectivity index is 0.00000300. The van der Waals surface area contributed by atoms with E-state index in [1.54, 1.807) is 12.4 Å². The van der Waals surface area contributed by atoms with E-state index in [1.165, 1.54) is 5.56 Å². The third-order valence-electron chi connectivity index (χ3n) is 4.66. The van der Waals surface area contributed by atoms with Gasteiger partial charge in [-0.15, -0.1) is 24.0 Å². The number of nitrogens with one attached hydrogen (secondary N) is 1. The van der Waals surface area contributed by atoms with Crippen LogP contribution in [0.4, 0.5) is 5.95 Å². The van der Waals surface area contributed by atoms with Crippen LogP contribution in [0.15, 0.2) is 47.7 Å². The van der Waals surface area contributed by atoms with E-state index in [1.807, 2.05) is 24.3 Å². The monoisotopic (exact) mass is 510 g/mol. The number of ether oxygens (including phenoxy) is 1. The van der Waals surface area contributed by atoms with Crippen LogP contribution in [0, 0.1) is 6.92 Å². The smallest absolute Gasteiger partial charge is 0.225 e. The molecular formula is C21H31IN6O. The number of guanidine groups is 1. The van der Waals surface area contributed by atoms with E-state index in [9.17, 15) is 0 Å². The fourth-order valence-electron chi connectivity index (χ4n) is 3.15. The van der Waals surface area contributed by atoms with Crippen molar-refractivity contribution in [3.05, 3.63) is 48.3 Å². The first-order valence-corrected chi connectivity index (χ1v) is 10.0. The summed E-state index contributed by atoms with van der Waals surface area (Å²) in [4.78, 5) is 18.0. The van der Waals surface area contributed by atoms with Gasteiger partial charge in [-0.1, -0.05) is 18.2 Å². The largest absolute Gasteiger partial charge is 0.493 e. The minimum Gasteiger partial charge on any atom is -0.493 e. The maximum absolute atomic E-state index is 5.86. The van der Waals surface area contributed by atoms with E-state index in [0.717, 1.165) is 63.3 Å². The molecule has 1 aliphatic rings. The molecule has 0 spiro atoms. The minimum absolute atomic E-state index is 0. The molecule has 0 unspecified atom stereocenters. The average molecular weight is 510 g/mol. The molecule has 1 fully saturated rings. The van der Waals surface area contributed by atoms with Gasteiger partial charge < -0.3 is 19.9 Å². The second kappa shape index (κ2) is 12.5. The Morgan fingerprint density at radius 2 is 1.83 bits per heavy atom. The number of aliphatic imine (C=N–C) groups is 1. The Kier molecular flexibility index (Phi) is 9.96. The zero-order valence-corrected chi connectivity index (χ0v) is 19.6. The maximum atomic E-state index is 5.86. The molecule has 1 aliphatic heterocycles. The van der Waals surface area contributed by atoms with Crippen LogP contribution in [-0.4, -0.2) is 66.7 Å². The van der Waals surface area contributed by atoms with Gasteiger partial charge in [-0.05, 0) is 31.5 Å². The highest BCUT2D eigenvalue weighted by Crippen LogP contribution is 2.16. The number of benzene rings is 1. The van der Waals surface area contributed by atoms with Gasteiger partial charge in [-0.25, -0.2) is 9.97 Å². The van der Waals surface area contributed by atoms with Crippen molar-refractivity contribution in [1.29, 1.82) is 0 Å². The van der Waals surface area contributed by atoms with Gasteiger partial charge in [0, 0.05) is 58.1 Å². The van der Waals surface area contributed by atoms with Gasteiger partial charge in [0.05, 0.1) is 6.61 Å². The first-order valence-electron chi connectivity index (χ1n) is 10.0. The van der Waals surface area contributed by atoms with Crippen molar-refractivity contribution in [3.63, 3.8) is 0 Å². The lowest BCUT2D eigenvalue weighted by molar-refractivity contribution is 0.310. The lowest BCUT2D eigenvalue weighted by atomic mass is 10.2. The number of nitrogens with zero attached hydrogens (tertiary/aromatic N) is 5. The minimum atomic E-state index is 0. The Bertz CT molecular complexity index is 750. The number of aryl methyl sites for hydroxylation is 1. The predicted octanol–water partition coefficient (Wildman–Crippen LogP) is 2.96. The Hall–Kier alpha value is -2.10. The molecule has 0 bridgehead atoms. The number of piperazine rings is 1. The second-order valence-electron chi connectivity index (χ2n) is 6.73. The van der Waals surface area contributed by atoms with Crippen LogP contribution < -0.4 is 15.0 Å². The lowest BCUT2D eigenvalue weighted by Crippen LogP contribution is -2.53. The topological polar surface area (TPSA) is 65.9 Å². The van der Waals surface area contributed by atoms with Crippen molar-refractivity contribution in [1.82, 2.24) is 20.2 Å². The number of rotatable bonds is 7. The highest BCUT2D eigenvalue weighted by molar-refractivity contribution is 14.0. The summed E-state index contributed by atoms with van der Waals surface area (Å²) in [7, 11) is 0. The van der Waals surface area contributed by atoms with Crippen molar-refractivity contribution in [3.8, 4) is 5.75 Å². The SMILES string of the molecule is CCNC(=NCCCOc1ccccc1C)N1CCN(c2ncccn2)CC1.I. The summed E-state index contributed by atoms with van der Waals surface area (Å²) < 4.78 is 5.86. The summed E-state index contributed by atoms with van der Waals surface area (Å²) >= 11 is 0. The molecule has 1 saturated heterocycles. The van der Waals surface area contributed by atoms with Gasteiger partial charge in [0.25, 0.3) is 0 Å². The van der Waals surface area contributed by atoms with E-state index in [2.05, 4.69) is 45.0 Å². The Morgan fingerprint density at radius 1 is 1.10 bits per heavy atom. The number of anilines is 1. The van der Waals surface area contributed by atoms with Crippen LogP contribution in [0.25, 0.3) is 0 Å². The molecule has 1 aromatic carbocycles. The highest BCUT2D eigenvalue weighted by atomic mass is 127. The van der Waals surface area contributed by atoms with Gasteiger partial charge in [-0.3, -0.25) is 4.99 Å². The summed E-state index contributed by atoms with van der Waals surface area (Å²) in [5, 5.41) is 3.41. The summed E-state index contributed by atoms with van der Waals surface area (Å²) in [5.74, 6) is 2.74. The van der Waals surface area contributed by atoms with Gasteiger partial charge >= 0.3 is 0 Å². The average Bonchev–Trinajstić information content (AvgIpc) is 2.75. The Labute approximate surface area is 190 Å². The third kappa shape index (κ3) is 7.02. The molecule has 2 aromatic rings. The number of para-hydroxylation sites is 1. The number of aromatic nitrogens is 2. The predicted molar refractivity (Wildman–Crippen MR) is 129 cm³/mol. The molecule has 0 radical (unpaired) electrons. The van der Waals surface area contributed by atoms with Crippen molar-refractivity contribution >= 4 is 35.9 Å². The molecular weight excluding hydrogens is 479 g/mol. The van der Waals surface area contributed by atoms with Crippen LogP contribution >= 0.6 is 24.0 Å². The molecule has 2 heterocycles. The lowest BCUT2D eigenvalue weighted by Gasteiger charge is -2.36. The molecule has 29 heavy (non-hydrogen) atoms. The van der Waals surface area contributed by atoms with Gasteiger partial charge in [-0.2, -0.15) is 0 Å².